The molecular formula is C17H25N3O2S. The van der Waals surface area contributed by atoms with E-state index in [9.17, 15) is 9.59 Å². The van der Waals surface area contributed by atoms with Crippen LogP contribution in [0.2, 0.25) is 0 Å². The first-order valence-corrected chi connectivity index (χ1v) is 9.24. The molecule has 0 saturated carbocycles. The number of thiophene rings is 1. The third kappa shape index (κ3) is 3.43. The van der Waals surface area contributed by atoms with E-state index in [1.165, 1.54) is 5.56 Å². The summed E-state index contributed by atoms with van der Waals surface area (Å²) in [6.07, 6.45) is 1.55. The van der Waals surface area contributed by atoms with Gasteiger partial charge in [-0.3, -0.25) is 14.5 Å². The van der Waals surface area contributed by atoms with Gasteiger partial charge in [0.15, 0.2) is 0 Å². The normalized spacial score (nSPS) is 28.4. The van der Waals surface area contributed by atoms with Gasteiger partial charge >= 0.3 is 0 Å². The molecule has 5 nitrogen and oxygen atoms in total. The van der Waals surface area contributed by atoms with Crippen molar-refractivity contribution in [2.75, 3.05) is 13.1 Å². The highest BCUT2D eigenvalue weighted by Gasteiger charge is 2.48. The molecule has 1 aromatic heterocycles. The Morgan fingerprint density at radius 2 is 2.26 bits per heavy atom. The molecule has 0 aromatic carbocycles. The van der Waals surface area contributed by atoms with Crippen LogP contribution >= 0.6 is 11.3 Å². The number of hydrogen-bond acceptors (Lipinski definition) is 4. The van der Waals surface area contributed by atoms with E-state index < -0.39 is 0 Å². The molecule has 0 bridgehead atoms. The number of carbonyl (C=O) groups excluding carboxylic acids is 2. The Morgan fingerprint density at radius 3 is 2.87 bits per heavy atom. The highest BCUT2D eigenvalue weighted by molar-refractivity contribution is 7.07. The molecule has 3 heterocycles. The zero-order chi connectivity index (χ0) is 16.6. The number of nitrogens with zero attached hydrogens (tertiary/aromatic N) is 2. The molecule has 3 rings (SSSR count). The Balaban J connectivity index is 1.74. The second kappa shape index (κ2) is 6.61. The van der Waals surface area contributed by atoms with Crippen LogP contribution in [0.15, 0.2) is 16.8 Å². The standard InChI is InChI=1S/C17H25N3O2S/c1-11(2)5-15-14(17(18)22)6-13-8-19(9-16(21)20(13)15)7-12-3-4-23-10-12/h3-4,10-11,13-15H,5-9H2,1-2H3,(H2,18,22)/t13-,14-,15-/m1/s1. The summed E-state index contributed by atoms with van der Waals surface area (Å²) in [7, 11) is 0. The summed E-state index contributed by atoms with van der Waals surface area (Å²) < 4.78 is 0. The predicted molar refractivity (Wildman–Crippen MR) is 90.8 cm³/mol. The van der Waals surface area contributed by atoms with Gasteiger partial charge < -0.3 is 10.6 Å². The molecule has 6 heteroatoms. The summed E-state index contributed by atoms with van der Waals surface area (Å²) in [4.78, 5) is 28.7. The maximum absolute atomic E-state index is 12.7. The van der Waals surface area contributed by atoms with Crippen molar-refractivity contribution in [3.05, 3.63) is 22.4 Å². The maximum Gasteiger partial charge on any atom is 0.237 e. The fourth-order valence-corrected chi connectivity index (χ4v) is 4.70. The topological polar surface area (TPSA) is 66.6 Å². The van der Waals surface area contributed by atoms with Crippen LogP contribution in [-0.2, 0) is 16.1 Å². The molecule has 0 aliphatic carbocycles. The summed E-state index contributed by atoms with van der Waals surface area (Å²) in [6, 6.07) is 2.20. The van der Waals surface area contributed by atoms with E-state index in [4.69, 9.17) is 5.73 Å². The average Bonchev–Trinajstić information content (AvgIpc) is 3.06. The van der Waals surface area contributed by atoms with Crippen LogP contribution in [0, 0.1) is 11.8 Å². The number of rotatable bonds is 5. The summed E-state index contributed by atoms with van der Waals surface area (Å²) in [5.74, 6) is 0.123. The van der Waals surface area contributed by atoms with Gasteiger partial charge in [0.1, 0.15) is 0 Å². The van der Waals surface area contributed by atoms with Crippen LogP contribution in [0.25, 0.3) is 0 Å². The van der Waals surface area contributed by atoms with E-state index in [0.29, 0.717) is 18.9 Å². The molecule has 0 unspecified atom stereocenters. The zero-order valence-electron chi connectivity index (χ0n) is 13.8. The third-order valence-electron chi connectivity index (χ3n) is 4.92. The SMILES string of the molecule is CC(C)C[C@@H]1[C@H](C(N)=O)C[C@@H]2CN(Cc3ccsc3)CC(=O)N21. The van der Waals surface area contributed by atoms with Gasteiger partial charge in [0.25, 0.3) is 0 Å². The van der Waals surface area contributed by atoms with E-state index in [1.807, 2.05) is 4.90 Å². The van der Waals surface area contributed by atoms with Crippen LogP contribution in [0.3, 0.4) is 0 Å². The summed E-state index contributed by atoms with van der Waals surface area (Å²) in [5.41, 5.74) is 6.87. The van der Waals surface area contributed by atoms with Gasteiger partial charge in [-0.05, 0) is 41.1 Å². The Labute approximate surface area is 141 Å². The Bertz CT molecular complexity index is 572. The monoisotopic (exact) mass is 335 g/mol. The van der Waals surface area contributed by atoms with E-state index in [0.717, 1.165) is 19.5 Å². The minimum Gasteiger partial charge on any atom is -0.369 e. The van der Waals surface area contributed by atoms with Crippen molar-refractivity contribution in [1.29, 1.82) is 0 Å². The fourth-order valence-electron chi connectivity index (χ4n) is 4.04. The van der Waals surface area contributed by atoms with Crippen molar-refractivity contribution in [1.82, 2.24) is 9.80 Å². The number of fused-ring (bicyclic) bond motifs is 1. The maximum atomic E-state index is 12.7. The summed E-state index contributed by atoms with van der Waals surface area (Å²) >= 11 is 1.68. The minimum absolute atomic E-state index is 0.0201. The smallest absolute Gasteiger partial charge is 0.237 e. The number of piperazine rings is 1. The van der Waals surface area contributed by atoms with Crippen molar-refractivity contribution in [3.8, 4) is 0 Å². The van der Waals surface area contributed by atoms with E-state index >= 15 is 0 Å². The van der Waals surface area contributed by atoms with Gasteiger partial charge in [0.05, 0.1) is 12.5 Å². The van der Waals surface area contributed by atoms with Crippen molar-refractivity contribution in [2.45, 2.75) is 45.3 Å². The third-order valence-corrected chi connectivity index (χ3v) is 5.65. The molecule has 1 aromatic rings. The van der Waals surface area contributed by atoms with Gasteiger partial charge in [0, 0.05) is 25.2 Å². The summed E-state index contributed by atoms with van der Waals surface area (Å²) in [5, 5.41) is 4.18. The number of nitrogens with two attached hydrogens (primary N) is 1. The average molecular weight is 335 g/mol. The van der Waals surface area contributed by atoms with Gasteiger partial charge in [-0.25, -0.2) is 0 Å². The van der Waals surface area contributed by atoms with Crippen LogP contribution < -0.4 is 5.73 Å². The number of amides is 2. The summed E-state index contributed by atoms with van der Waals surface area (Å²) in [6.45, 7) is 6.33. The van der Waals surface area contributed by atoms with E-state index in [2.05, 4.69) is 35.6 Å². The van der Waals surface area contributed by atoms with Gasteiger partial charge in [-0.15, -0.1) is 0 Å². The fraction of sp³-hybridized carbons (Fsp3) is 0.647. The lowest BCUT2D eigenvalue weighted by molar-refractivity contribution is -0.141. The van der Waals surface area contributed by atoms with E-state index in [-0.39, 0.29) is 29.8 Å². The first-order valence-electron chi connectivity index (χ1n) is 8.29. The molecular weight excluding hydrogens is 310 g/mol. The zero-order valence-corrected chi connectivity index (χ0v) is 14.6. The van der Waals surface area contributed by atoms with E-state index in [1.54, 1.807) is 11.3 Å². The Kier molecular flexibility index (Phi) is 4.73. The molecule has 2 fully saturated rings. The van der Waals surface area contributed by atoms with Gasteiger partial charge in [-0.2, -0.15) is 11.3 Å². The molecule has 2 saturated heterocycles. The van der Waals surface area contributed by atoms with Crippen LogP contribution in [0.4, 0.5) is 0 Å². The van der Waals surface area contributed by atoms with Crippen LogP contribution in [-0.4, -0.2) is 46.8 Å². The molecule has 0 spiro atoms. The van der Waals surface area contributed by atoms with Crippen molar-refractivity contribution >= 4 is 23.2 Å². The second-order valence-electron chi connectivity index (χ2n) is 7.20. The lowest BCUT2D eigenvalue weighted by atomic mass is 9.91. The molecule has 2 aliphatic rings. The van der Waals surface area contributed by atoms with Gasteiger partial charge in [0.2, 0.25) is 11.8 Å². The quantitative estimate of drug-likeness (QED) is 0.890. The molecule has 2 aliphatic heterocycles. The molecule has 3 atom stereocenters. The second-order valence-corrected chi connectivity index (χ2v) is 7.98. The minimum atomic E-state index is -0.262. The van der Waals surface area contributed by atoms with Crippen LogP contribution in [0.1, 0.15) is 32.3 Å². The molecule has 0 radical (unpaired) electrons. The Hall–Kier alpha value is -1.40. The van der Waals surface area contributed by atoms with Gasteiger partial charge in [-0.1, -0.05) is 13.8 Å². The van der Waals surface area contributed by atoms with Crippen molar-refractivity contribution in [3.63, 3.8) is 0 Å². The first kappa shape index (κ1) is 16.5. The van der Waals surface area contributed by atoms with Crippen molar-refractivity contribution < 1.29 is 9.59 Å². The van der Waals surface area contributed by atoms with Crippen molar-refractivity contribution in [2.24, 2.45) is 17.6 Å². The highest BCUT2D eigenvalue weighted by Crippen LogP contribution is 2.36. The lowest BCUT2D eigenvalue weighted by Crippen LogP contribution is -2.56. The molecule has 126 valence electrons. The lowest BCUT2D eigenvalue weighted by Gasteiger charge is -2.40. The highest BCUT2D eigenvalue weighted by atomic mass is 32.1. The first-order chi connectivity index (χ1) is 11.0. The number of hydrogen-bond donors (Lipinski definition) is 1. The number of primary amides is 1. The predicted octanol–water partition coefficient (Wildman–Crippen LogP) is 1.68. The Morgan fingerprint density at radius 1 is 1.48 bits per heavy atom. The largest absolute Gasteiger partial charge is 0.369 e. The molecule has 23 heavy (non-hydrogen) atoms. The van der Waals surface area contributed by atoms with Crippen LogP contribution in [0.5, 0.6) is 0 Å². The molecule has 2 amide bonds. The number of carbonyl (C=O) groups is 2. The molecule has 2 N–H and O–H groups in total.